The van der Waals surface area contributed by atoms with Crippen molar-refractivity contribution in [2.24, 2.45) is 5.73 Å². The maximum Gasteiger partial charge on any atom is 0.419 e. The van der Waals surface area contributed by atoms with E-state index >= 15 is 0 Å². The van der Waals surface area contributed by atoms with Crippen molar-refractivity contribution in [2.45, 2.75) is 18.6 Å². The molecule has 3 N–H and O–H groups in total. The van der Waals surface area contributed by atoms with Crippen LogP contribution < -0.4 is 5.73 Å². The van der Waals surface area contributed by atoms with Crippen LogP contribution in [-0.4, -0.2) is 11.7 Å². The molecule has 0 fully saturated rings. The van der Waals surface area contributed by atoms with E-state index in [9.17, 15) is 17.6 Å². The molecular formula is C10H11F4NO. The molecule has 0 spiro atoms. The van der Waals surface area contributed by atoms with Crippen molar-refractivity contribution < 1.29 is 22.7 Å². The first kappa shape index (κ1) is 12.9. The zero-order valence-electron chi connectivity index (χ0n) is 8.26. The highest BCUT2D eigenvalue weighted by Gasteiger charge is 2.35. The third-order valence-electron chi connectivity index (χ3n) is 2.17. The molecule has 1 atom stereocenters. The Morgan fingerprint density at radius 3 is 2.44 bits per heavy atom. The van der Waals surface area contributed by atoms with E-state index in [0.29, 0.717) is 6.07 Å². The van der Waals surface area contributed by atoms with Gasteiger partial charge in [-0.1, -0.05) is 12.1 Å². The molecule has 0 amide bonds. The first-order chi connectivity index (χ1) is 7.38. The summed E-state index contributed by atoms with van der Waals surface area (Å²) in [4.78, 5) is 0. The van der Waals surface area contributed by atoms with E-state index in [2.05, 4.69) is 0 Å². The molecule has 1 aromatic rings. The van der Waals surface area contributed by atoms with E-state index in [-0.39, 0.29) is 18.6 Å². The lowest BCUT2D eigenvalue weighted by Gasteiger charge is -2.15. The summed E-state index contributed by atoms with van der Waals surface area (Å²) in [5.74, 6) is -1.36. The van der Waals surface area contributed by atoms with Crippen molar-refractivity contribution in [1.29, 1.82) is 0 Å². The van der Waals surface area contributed by atoms with Gasteiger partial charge in [0.05, 0.1) is 5.56 Å². The third-order valence-corrected chi connectivity index (χ3v) is 2.17. The predicted molar refractivity (Wildman–Crippen MR) is 50.0 cm³/mol. The fourth-order valence-electron chi connectivity index (χ4n) is 1.35. The lowest BCUT2D eigenvalue weighted by atomic mass is 10.0. The molecule has 0 heterocycles. The molecule has 0 saturated heterocycles. The van der Waals surface area contributed by atoms with Crippen LogP contribution in [0.15, 0.2) is 18.2 Å². The summed E-state index contributed by atoms with van der Waals surface area (Å²) in [7, 11) is 0. The summed E-state index contributed by atoms with van der Waals surface area (Å²) in [5, 5.41) is 8.59. The summed E-state index contributed by atoms with van der Waals surface area (Å²) < 4.78 is 50.5. The van der Waals surface area contributed by atoms with Crippen LogP contribution in [0.5, 0.6) is 0 Å². The Morgan fingerprint density at radius 1 is 1.31 bits per heavy atom. The largest absolute Gasteiger partial charge is 0.419 e. The number of aliphatic hydroxyl groups excluding tert-OH is 1. The van der Waals surface area contributed by atoms with E-state index in [1.807, 2.05) is 0 Å². The highest BCUT2D eigenvalue weighted by molar-refractivity contribution is 5.30. The van der Waals surface area contributed by atoms with Crippen LogP contribution in [0.2, 0.25) is 0 Å². The standard InChI is InChI=1S/C10H11F4NO/c11-9-6(8(15)4-5-16)2-1-3-7(9)10(12,13)14/h1-3,8,16H,4-5,15H2/t8-/m0/s1. The molecule has 1 aromatic carbocycles. The number of hydrogen-bond donors (Lipinski definition) is 2. The number of rotatable bonds is 3. The van der Waals surface area contributed by atoms with E-state index < -0.39 is 23.6 Å². The van der Waals surface area contributed by atoms with Gasteiger partial charge in [0, 0.05) is 18.2 Å². The molecule has 0 saturated carbocycles. The van der Waals surface area contributed by atoms with Crippen LogP contribution in [0.25, 0.3) is 0 Å². The number of hydrogen-bond acceptors (Lipinski definition) is 2. The quantitative estimate of drug-likeness (QED) is 0.792. The van der Waals surface area contributed by atoms with Gasteiger partial charge in [0.2, 0.25) is 0 Å². The first-order valence-electron chi connectivity index (χ1n) is 4.60. The van der Waals surface area contributed by atoms with Crippen LogP contribution in [0.3, 0.4) is 0 Å². The second-order valence-electron chi connectivity index (χ2n) is 3.33. The SMILES string of the molecule is N[C@@H](CCO)c1cccc(C(F)(F)F)c1F. The van der Waals surface area contributed by atoms with E-state index in [1.54, 1.807) is 0 Å². The van der Waals surface area contributed by atoms with Gasteiger partial charge in [-0.15, -0.1) is 0 Å². The van der Waals surface area contributed by atoms with Crippen LogP contribution in [-0.2, 0) is 6.18 Å². The molecule has 16 heavy (non-hydrogen) atoms. The molecule has 0 aliphatic rings. The van der Waals surface area contributed by atoms with Gasteiger partial charge in [-0.25, -0.2) is 4.39 Å². The molecule has 0 unspecified atom stereocenters. The lowest BCUT2D eigenvalue weighted by Crippen LogP contribution is -2.17. The topological polar surface area (TPSA) is 46.2 Å². The highest BCUT2D eigenvalue weighted by Crippen LogP contribution is 2.33. The molecule has 1 rings (SSSR count). The molecule has 6 heteroatoms. The highest BCUT2D eigenvalue weighted by atomic mass is 19.4. The minimum absolute atomic E-state index is 0.0121. The zero-order valence-corrected chi connectivity index (χ0v) is 8.26. The minimum atomic E-state index is -4.74. The molecule has 90 valence electrons. The molecule has 0 radical (unpaired) electrons. The fourth-order valence-corrected chi connectivity index (χ4v) is 1.35. The number of nitrogens with two attached hydrogens (primary N) is 1. The average Bonchev–Trinajstić information content (AvgIpc) is 2.16. The van der Waals surface area contributed by atoms with E-state index in [1.165, 1.54) is 6.07 Å². The molecule has 0 aromatic heterocycles. The van der Waals surface area contributed by atoms with Gasteiger partial charge in [0.1, 0.15) is 5.82 Å². The Hall–Kier alpha value is -1.14. The summed E-state index contributed by atoms with van der Waals surface area (Å²) in [6.07, 6.45) is -4.72. The van der Waals surface area contributed by atoms with Gasteiger partial charge in [-0.3, -0.25) is 0 Å². The van der Waals surface area contributed by atoms with Gasteiger partial charge in [0.15, 0.2) is 0 Å². The predicted octanol–water partition coefficient (Wildman–Crippen LogP) is 2.23. The molecule has 2 nitrogen and oxygen atoms in total. The minimum Gasteiger partial charge on any atom is -0.396 e. The van der Waals surface area contributed by atoms with E-state index in [4.69, 9.17) is 10.8 Å². The lowest BCUT2D eigenvalue weighted by molar-refractivity contribution is -0.140. The second kappa shape index (κ2) is 4.80. The molecular weight excluding hydrogens is 226 g/mol. The summed E-state index contributed by atoms with van der Waals surface area (Å²) in [6, 6.07) is 2.00. The Bertz CT molecular complexity index is 364. The van der Waals surface area contributed by atoms with Crippen LogP contribution in [0.1, 0.15) is 23.6 Å². The Morgan fingerprint density at radius 2 is 1.94 bits per heavy atom. The Labute approximate surface area is 89.7 Å². The summed E-state index contributed by atoms with van der Waals surface area (Å²) >= 11 is 0. The Balaban J connectivity index is 3.14. The van der Waals surface area contributed by atoms with Gasteiger partial charge in [-0.05, 0) is 12.5 Å². The van der Waals surface area contributed by atoms with Crippen molar-refractivity contribution in [3.63, 3.8) is 0 Å². The van der Waals surface area contributed by atoms with Crippen molar-refractivity contribution >= 4 is 0 Å². The van der Waals surface area contributed by atoms with Gasteiger partial charge in [-0.2, -0.15) is 13.2 Å². The van der Waals surface area contributed by atoms with Gasteiger partial charge in [0.25, 0.3) is 0 Å². The van der Waals surface area contributed by atoms with Crippen molar-refractivity contribution in [2.75, 3.05) is 6.61 Å². The van der Waals surface area contributed by atoms with Gasteiger partial charge < -0.3 is 10.8 Å². The maximum atomic E-state index is 13.5. The first-order valence-corrected chi connectivity index (χ1v) is 4.60. The molecule has 0 bridgehead atoms. The molecule has 0 aliphatic carbocycles. The number of benzene rings is 1. The molecule has 0 aliphatic heterocycles. The average molecular weight is 237 g/mol. The van der Waals surface area contributed by atoms with Crippen LogP contribution >= 0.6 is 0 Å². The third kappa shape index (κ3) is 2.70. The number of halogens is 4. The monoisotopic (exact) mass is 237 g/mol. The maximum absolute atomic E-state index is 13.5. The smallest absolute Gasteiger partial charge is 0.396 e. The van der Waals surface area contributed by atoms with Crippen LogP contribution in [0.4, 0.5) is 17.6 Å². The van der Waals surface area contributed by atoms with E-state index in [0.717, 1.165) is 6.07 Å². The van der Waals surface area contributed by atoms with Crippen molar-refractivity contribution in [3.8, 4) is 0 Å². The van der Waals surface area contributed by atoms with Crippen LogP contribution in [0, 0.1) is 5.82 Å². The van der Waals surface area contributed by atoms with Crippen molar-refractivity contribution in [3.05, 3.63) is 35.1 Å². The Kier molecular flexibility index (Phi) is 3.88. The zero-order chi connectivity index (χ0) is 12.3. The number of aliphatic hydroxyl groups is 1. The normalized spacial score (nSPS) is 13.9. The van der Waals surface area contributed by atoms with Crippen molar-refractivity contribution in [1.82, 2.24) is 0 Å². The van der Waals surface area contributed by atoms with Gasteiger partial charge >= 0.3 is 6.18 Å². The summed E-state index contributed by atoms with van der Waals surface area (Å²) in [6.45, 7) is -0.309. The second-order valence-corrected chi connectivity index (χ2v) is 3.33. The number of alkyl halides is 3. The summed E-state index contributed by atoms with van der Waals surface area (Å²) in [5.41, 5.74) is 3.88. The fraction of sp³-hybridized carbons (Fsp3) is 0.400.